The van der Waals surface area contributed by atoms with Crippen molar-refractivity contribution >= 4 is 11.9 Å². The van der Waals surface area contributed by atoms with E-state index < -0.39 is 29.6 Å². The molecule has 0 radical (unpaired) electrons. The van der Waals surface area contributed by atoms with Crippen LogP contribution in [-0.2, 0) is 11.3 Å². The molecule has 0 bridgehead atoms. The predicted octanol–water partition coefficient (Wildman–Crippen LogP) is -0.754. The molecule has 0 aliphatic heterocycles. The van der Waals surface area contributed by atoms with Crippen molar-refractivity contribution in [2.24, 2.45) is 0 Å². The molecule has 0 N–H and O–H groups in total. The van der Waals surface area contributed by atoms with Crippen molar-refractivity contribution in [3.63, 3.8) is 0 Å². The van der Waals surface area contributed by atoms with Gasteiger partial charge >= 0.3 is 0 Å². The van der Waals surface area contributed by atoms with Gasteiger partial charge in [0.2, 0.25) is 0 Å². The Balaban J connectivity index is 2.75. The van der Waals surface area contributed by atoms with Crippen LogP contribution in [0.2, 0.25) is 0 Å². The van der Waals surface area contributed by atoms with E-state index in [0.717, 1.165) is 21.8 Å². The van der Waals surface area contributed by atoms with Crippen molar-refractivity contribution in [1.82, 2.24) is 4.57 Å². The fourth-order valence-electron chi connectivity index (χ4n) is 2.36. The van der Waals surface area contributed by atoms with Gasteiger partial charge in [-0.05, 0) is 31.5 Å². The first-order valence-corrected chi connectivity index (χ1v) is 6.54. The molecule has 22 heavy (non-hydrogen) atoms. The number of carbonyl (C=O) groups is 2. The third-order valence-electron chi connectivity index (χ3n) is 3.34. The van der Waals surface area contributed by atoms with Gasteiger partial charge in [0.1, 0.15) is 0 Å². The highest BCUT2D eigenvalue weighted by Gasteiger charge is 2.13. The molecule has 0 atom stereocenters. The number of carboxylic acids is 2. The van der Waals surface area contributed by atoms with E-state index in [-0.39, 0.29) is 0 Å². The van der Waals surface area contributed by atoms with Gasteiger partial charge in [0.25, 0.3) is 5.56 Å². The topological polar surface area (TPSA) is 102 Å². The van der Waals surface area contributed by atoms with Gasteiger partial charge < -0.3 is 24.4 Å². The lowest BCUT2D eigenvalue weighted by Crippen LogP contribution is -2.38. The van der Waals surface area contributed by atoms with E-state index >= 15 is 0 Å². The summed E-state index contributed by atoms with van der Waals surface area (Å²) in [5.74, 6) is -3.13. The van der Waals surface area contributed by atoms with Crippen LogP contribution in [0.1, 0.15) is 21.5 Å². The smallest absolute Gasteiger partial charge is 0.260 e. The molecule has 0 fully saturated rings. The van der Waals surface area contributed by atoms with Crippen LogP contribution in [0.25, 0.3) is 11.3 Å². The molecule has 114 valence electrons. The van der Waals surface area contributed by atoms with Crippen LogP contribution in [0.5, 0.6) is 0 Å². The maximum atomic E-state index is 12.2. The van der Waals surface area contributed by atoms with Gasteiger partial charge in [0, 0.05) is 5.56 Å². The summed E-state index contributed by atoms with van der Waals surface area (Å²) in [5, 5.41) is 21.8. The van der Waals surface area contributed by atoms with Gasteiger partial charge in [-0.1, -0.05) is 23.8 Å². The summed E-state index contributed by atoms with van der Waals surface area (Å²) in [6.45, 7) is 3.00. The second kappa shape index (κ2) is 5.85. The van der Waals surface area contributed by atoms with E-state index in [2.05, 4.69) is 0 Å². The number of hydrogen-bond donors (Lipinski definition) is 0. The SMILES string of the molecule is Cc1ccc(-c2ccc(C(=O)[O-])c(=O)n2CC(=O)[O-])c(C)c1. The summed E-state index contributed by atoms with van der Waals surface area (Å²) in [5.41, 5.74) is 1.30. The average Bonchev–Trinajstić information content (AvgIpc) is 2.40. The summed E-state index contributed by atoms with van der Waals surface area (Å²) < 4.78 is 0.873. The van der Waals surface area contributed by atoms with Crippen molar-refractivity contribution < 1.29 is 19.8 Å². The maximum Gasteiger partial charge on any atom is 0.260 e. The number of aromatic nitrogens is 1. The average molecular weight is 299 g/mol. The largest absolute Gasteiger partial charge is 0.548 e. The first-order chi connectivity index (χ1) is 10.3. The molecular formula is C16H13NO5-2. The molecule has 0 saturated carbocycles. The van der Waals surface area contributed by atoms with E-state index in [4.69, 9.17) is 0 Å². The Bertz CT molecular complexity index is 820. The molecule has 1 aromatic carbocycles. The molecule has 2 rings (SSSR count). The second-order valence-corrected chi connectivity index (χ2v) is 5.00. The Morgan fingerprint density at radius 2 is 1.77 bits per heavy atom. The summed E-state index contributed by atoms with van der Waals surface area (Å²) in [6, 6.07) is 7.98. The zero-order valence-electron chi connectivity index (χ0n) is 12.1. The van der Waals surface area contributed by atoms with E-state index in [1.54, 1.807) is 6.07 Å². The lowest BCUT2D eigenvalue weighted by molar-refractivity contribution is -0.306. The van der Waals surface area contributed by atoms with Gasteiger partial charge in [-0.3, -0.25) is 4.79 Å². The van der Waals surface area contributed by atoms with E-state index in [1.165, 1.54) is 6.07 Å². The van der Waals surface area contributed by atoms with Crippen molar-refractivity contribution in [2.45, 2.75) is 20.4 Å². The first kappa shape index (κ1) is 15.5. The minimum absolute atomic E-state index is 0.316. The van der Waals surface area contributed by atoms with Crippen LogP contribution >= 0.6 is 0 Å². The minimum atomic E-state index is -1.65. The molecule has 2 aromatic rings. The predicted molar refractivity (Wildman–Crippen MR) is 74.9 cm³/mol. The molecular weight excluding hydrogens is 286 g/mol. The van der Waals surface area contributed by atoms with Crippen LogP contribution in [0.15, 0.2) is 35.1 Å². The third kappa shape index (κ3) is 2.90. The number of nitrogens with zero attached hydrogens (tertiary/aromatic N) is 1. The minimum Gasteiger partial charge on any atom is -0.548 e. The van der Waals surface area contributed by atoms with Crippen LogP contribution in [-0.4, -0.2) is 16.5 Å². The number of carbonyl (C=O) groups excluding carboxylic acids is 2. The number of aromatic carboxylic acids is 1. The van der Waals surface area contributed by atoms with Crippen molar-refractivity contribution in [3.05, 3.63) is 57.4 Å². The number of pyridine rings is 1. The molecule has 1 aromatic heterocycles. The van der Waals surface area contributed by atoms with Crippen molar-refractivity contribution in [1.29, 1.82) is 0 Å². The highest BCUT2D eigenvalue weighted by molar-refractivity contribution is 5.86. The molecule has 1 heterocycles. The molecule has 0 amide bonds. The van der Waals surface area contributed by atoms with Crippen LogP contribution in [0.3, 0.4) is 0 Å². The van der Waals surface area contributed by atoms with Gasteiger partial charge in [-0.25, -0.2) is 0 Å². The van der Waals surface area contributed by atoms with Crippen LogP contribution < -0.4 is 15.8 Å². The van der Waals surface area contributed by atoms with Gasteiger partial charge in [0.05, 0.1) is 29.7 Å². The summed E-state index contributed by atoms with van der Waals surface area (Å²) in [7, 11) is 0. The molecule has 6 heteroatoms. The number of aliphatic carboxylic acids is 1. The molecule has 0 unspecified atom stereocenters. The Kier molecular flexibility index (Phi) is 4.12. The number of hydrogen-bond acceptors (Lipinski definition) is 5. The van der Waals surface area contributed by atoms with Gasteiger partial charge in [0.15, 0.2) is 0 Å². The second-order valence-electron chi connectivity index (χ2n) is 5.00. The molecule has 0 aliphatic carbocycles. The normalized spacial score (nSPS) is 10.5. The number of rotatable bonds is 4. The fraction of sp³-hybridized carbons (Fsp3) is 0.188. The molecule has 0 spiro atoms. The summed E-state index contributed by atoms with van der Waals surface area (Å²) >= 11 is 0. The molecule has 6 nitrogen and oxygen atoms in total. The Hall–Kier alpha value is -2.89. The Morgan fingerprint density at radius 3 is 2.32 bits per heavy atom. The zero-order chi connectivity index (χ0) is 16.4. The van der Waals surface area contributed by atoms with E-state index in [1.807, 2.05) is 26.0 Å². The first-order valence-electron chi connectivity index (χ1n) is 6.54. The number of aryl methyl sites for hydroxylation is 2. The van der Waals surface area contributed by atoms with Crippen LogP contribution in [0, 0.1) is 13.8 Å². The lowest BCUT2D eigenvalue weighted by atomic mass is 10.0. The van der Waals surface area contributed by atoms with Gasteiger partial charge in [-0.2, -0.15) is 0 Å². The zero-order valence-corrected chi connectivity index (χ0v) is 12.1. The number of benzene rings is 1. The Morgan fingerprint density at radius 1 is 1.09 bits per heavy atom. The van der Waals surface area contributed by atoms with Gasteiger partial charge in [-0.15, -0.1) is 0 Å². The van der Waals surface area contributed by atoms with Crippen molar-refractivity contribution in [2.75, 3.05) is 0 Å². The quantitative estimate of drug-likeness (QED) is 0.739. The monoisotopic (exact) mass is 299 g/mol. The highest BCUT2D eigenvalue weighted by atomic mass is 16.4. The standard InChI is InChI=1S/C16H15NO5/c1-9-3-4-11(10(2)7-9)13-6-5-12(16(21)22)15(20)17(13)8-14(18)19/h3-7H,8H2,1-2H3,(H,18,19)(H,21,22)/p-2. The fourth-order valence-corrected chi connectivity index (χ4v) is 2.36. The summed E-state index contributed by atoms with van der Waals surface area (Å²) in [4.78, 5) is 34.0. The van der Waals surface area contributed by atoms with Crippen LogP contribution in [0.4, 0.5) is 0 Å². The third-order valence-corrected chi connectivity index (χ3v) is 3.34. The Labute approximate surface area is 126 Å². The maximum absolute atomic E-state index is 12.2. The number of carboxylic acid groups (broad SMARTS) is 2. The van der Waals surface area contributed by atoms with Crippen molar-refractivity contribution in [3.8, 4) is 11.3 Å². The summed E-state index contributed by atoms with van der Waals surface area (Å²) in [6.07, 6.45) is 0. The van der Waals surface area contributed by atoms with E-state index in [0.29, 0.717) is 11.3 Å². The lowest BCUT2D eigenvalue weighted by Gasteiger charge is -2.17. The highest BCUT2D eigenvalue weighted by Crippen LogP contribution is 2.23. The molecule has 0 saturated heterocycles. The molecule has 0 aliphatic rings. The van der Waals surface area contributed by atoms with E-state index in [9.17, 15) is 24.6 Å².